The molecule has 1 rings (SSSR count). The van der Waals surface area contributed by atoms with E-state index in [1.165, 1.54) is 0 Å². The summed E-state index contributed by atoms with van der Waals surface area (Å²) in [6.45, 7) is 1.85. The molecule has 4 nitrogen and oxygen atoms in total. The molecule has 1 saturated carbocycles. The van der Waals surface area contributed by atoms with E-state index in [9.17, 15) is 14.7 Å². The molecule has 0 aliphatic heterocycles. The lowest BCUT2D eigenvalue weighted by Crippen LogP contribution is -2.48. The van der Waals surface area contributed by atoms with Crippen molar-refractivity contribution < 1.29 is 19.4 Å². The van der Waals surface area contributed by atoms with Gasteiger partial charge in [0.2, 0.25) is 5.60 Å². The topological polar surface area (TPSA) is 63.6 Å². The Bertz CT molecular complexity index is 239. The van der Waals surface area contributed by atoms with Gasteiger partial charge in [0.1, 0.15) is 0 Å². The van der Waals surface area contributed by atoms with Gasteiger partial charge in [-0.05, 0) is 26.2 Å². The monoisotopic (exact) mass is 214 g/mol. The molecule has 0 aromatic rings. The van der Waals surface area contributed by atoms with Crippen molar-refractivity contribution in [3.8, 4) is 0 Å². The maximum Gasteiger partial charge on any atom is 0.345 e. The molecule has 0 amide bonds. The Hall–Kier alpha value is -0.900. The molecule has 1 atom stereocenters. The second kappa shape index (κ2) is 5.26. The Morgan fingerprint density at radius 1 is 1.40 bits per heavy atom. The van der Waals surface area contributed by atoms with E-state index >= 15 is 0 Å². The Morgan fingerprint density at radius 2 is 2.07 bits per heavy atom. The maximum atomic E-state index is 11.7. The normalized spacial score (nSPS) is 28.0. The minimum Gasteiger partial charge on any atom is -0.464 e. The number of ether oxygens (including phenoxy) is 1. The van der Waals surface area contributed by atoms with E-state index in [-0.39, 0.29) is 25.2 Å². The van der Waals surface area contributed by atoms with Crippen LogP contribution in [0, 0.1) is 0 Å². The highest BCUT2D eigenvalue weighted by molar-refractivity contribution is 6.06. The van der Waals surface area contributed by atoms with Crippen LogP contribution in [0.2, 0.25) is 0 Å². The van der Waals surface area contributed by atoms with Gasteiger partial charge in [-0.15, -0.1) is 0 Å². The van der Waals surface area contributed by atoms with Crippen LogP contribution in [0.15, 0.2) is 0 Å². The molecule has 0 radical (unpaired) electrons. The second-order valence-corrected chi connectivity index (χ2v) is 3.92. The van der Waals surface area contributed by atoms with Gasteiger partial charge in [-0.1, -0.05) is 12.8 Å². The first-order chi connectivity index (χ1) is 7.11. The fraction of sp³-hybridized carbons (Fsp3) is 0.818. The van der Waals surface area contributed by atoms with Crippen LogP contribution in [0.3, 0.4) is 0 Å². The third kappa shape index (κ3) is 2.78. The summed E-state index contributed by atoms with van der Waals surface area (Å²) >= 11 is 0. The number of Topliss-reactive ketones (excluding diaryl/α,β-unsaturated/α-hetero) is 1. The largest absolute Gasteiger partial charge is 0.464 e. The summed E-state index contributed by atoms with van der Waals surface area (Å²) in [7, 11) is 0. The Balaban J connectivity index is 2.75. The molecule has 1 unspecified atom stereocenters. The molecule has 1 N–H and O–H groups in total. The van der Waals surface area contributed by atoms with Gasteiger partial charge in [0, 0.05) is 6.42 Å². The van der Waals surface area contributed by atoms with Crippen LogP contribution in [-0.4, -0.2) is 29.1 Å². The molecule has 1 fully saturated rings. The SMILES string of the molecule is CCOC(=O)C1(O)CCCCCCC1=O. The van der Waals surface area contributed by atoms with Crippen LogP contribution in [-0.2, 0) is 14.3 Å². The number of ketones is 1. The van der Waals surface area contributed by atoms with E-state index in [4.69, 9.17) is 4.74 Å². The van der Waals surface area contributed by atoms with Gasteiger partial charge in [-0.3, -0.25) is 4.79 Å². The van der Waals surface area contributed by atoms with Gasteiger partial charge in [0.05, 0.1) is 6.61 Å². The van der Waals surface area contributed by atoms with E-state index in [1.807, 2.05) is 0 Å². The van der Waals surface area contributed by atoms with Gasteiger partial charge in [-0.25, -0.2) is 4.79 Å². The summed E-state index contributed by atoms with van der Waals surface area (Å²) in [4.78, 5) is 23.2. The van der Waals surface area contributed by atoms with Gasteiger partial charge < -0.3 is 9.84 Å². The molecule has 4 heteroatoms. The number of esters is 1. The van der Waals surface area contributed by atoms with Gasteiger partial charge in [-0.2, -0.15) is 0 Å². The zero-order valence-corrected chi connectivity index (χ0v) is 9.12. The number of carbonyl (C=O) groups is 2. The van der Waals surface area contributed by atoms with Crippen molar-refractivity contribution >= 4 is 11.8 Å². The van der Waals surface area contributed by atoms with E-state index in [0.717, 1.165) is 19.3 Å². The van der Waals surface area contributed by atoms with Crippen LogP contribution >= 0.6 is 0 Å². The van der Waals surface area contributed by atoms with Gasteiger partial charge >= 0.3 is 5.97 Å². The highest BCUT2D eigenvalue weighted by Crippen LogP contribution is 2.24. The molecule has 1 aliphatic rings. The molecular formula is C11H18O4. The maximum absolute atomic E-state index is 11.7. The minimum atomic E-state index is -1.88. The fourth-order valence-corrected chi connectivity index (χ4v) is 1.83. The van der Waals surface area contributed by atoms with E-state index < -0.39 is 11.6 Å². The van der Waals surface area contributed by atoms with Crippen LogP contribution in [0.25, 0.3) is 0 Å². The molecule has 0 spiro atoms. The van der Waals surface area contributed by atoms with Gasteiger partial charge in [0.15, 0.2) is 5.78 Å². The Kier molecular flexibility index (Phi) is 4.27. The lowest BCUT2D eigenvalue weighted by Gasteiger charge is -2.26. The second-order valence-electron chi connectivity index (χ2n) is 3.92. The molecule has 0 saturated heterocycles. The van der Waals surface area contributed by atoms with Crippen molar-refractivity contribution in [2.45, 2.75) is 51.0 Å². The Labute approximate surface area is 89.6 Å². The third-order valence-corrected chi connectivity index (χ3v) is 2.77. The molecule has 0 bridgehead atoms. The standard InChI is InChI=1S/C11H18O4/c1-2-15-10(13)11(14)8-6-4-3-5-7-9(11)12/h14H,2-8H2,1H3. The number of hydrogen-bond acceptors (Lipinski definition) is 4. The van der Waals surface area contributed by atoms with Crippen LogP contribution < -0.4 is 0 Å². The number of hydrogen-bond donors (Lipinski definition) is 1. The average Bonchev–Trinajstić information content (AvgIpc) is 2.20. The van der Waals surface area contributed by atoms with Crippen molar-refractivity contribution in [3.05, 3.63) is 0 Å². The zero-order valence-electron chi connectivity index (χ0n) is 9.12. The van der Waals surface area contributed by atoms with Gasteiger partial charge in [0.25, 0.3) is 0 Å². The van der Waals surface area contributed by atoms with Crippen molar-refractivity contribution in [1.29, 1.82) is 0 Å². The predicted octanol–water partition coefficient (Wildman–Crippen LogP) is 1.20. The molecular weight excluding hydrogens is 196 g/mol. The summed E-state index contributed by atoms with van der Waals surface area (Å²) < 4.78 is 4.74. The molecule has 86 valence electrons. The summed E-state index contributed by atoms with van der Waals surface area (Å²) in [5.74, 6) is -1.17. The highest BCUT2D eigenvalue weighted by atomic mass is 16.5. The minimum absolute atomic E-state index is 0.189. The average molecular weight is 214 g/mol. The summed E-state index contributed by atoms with van der Waals surface area (Å²) in [6, 6.07) is 0. The summed E-state index contributed by atoms with van der Waals surface area (Å²) in [5, 5.41) is 10.0. The third-order valence-electron chi connectivity index (χ3n) is 2.77. The van der Waals surface area contributed by atoms with Crippen molar-refractivity contribution in [3.63, 3.8) is 0 Å². The summed E-state index contributed by atoms with van der Waals surface area (Å²) in [5.41, 5.74) is -1.88. The zero-order chi connectivity index (χ0) is 11.3. The number of aliphatic hydroxyl groups is 1. The molecule has 1 aliphatic carbocycles. The van der Waals surface area contributed by atoms with Crippen LogP contribution in [0.5, 0.6) is 0 Å². The van der Waals surface area contributed by atoms with Crippen LogP contribution in [0.1, 0.15) is 45.4 Å². The molecule has 15 heavy (non-hydrogen) atoms. The first-order valence-corrected chi connectivity index (χ1v) is 5.54. The van der Waals surface area contributed by atoms with Crippen molar-refractivity contribution in [2.75, 3.05) is 6.61 Å². The van der Waals surface area contributed by atoms with Crippen molar-refractivity contribution in [2.24, 2.45) is 0 Å². The summed E-state index contributed by atoms with van der Waals surface area (Å²) in [6.07, 6.45) is 3.86. The predicted molar refractivity (Wildman–Crippen MR) is 54.3 cm³/mol. The van der Waals surface area contributed by atoms with Crippen LogP contribution in [0.4, 0.5) is 0 Å². The lowest BCUT2D eigenvalue weighted by atomic mass is 9.86. The smallest absolute Gasteiger partial charge is 0.345 e. The fourth-order valence-electron chi connectivity index (χ4n) is 1.83. The molecule has 0 heterocycles. The first kappa shape index (κ1) is 12.2. The lowest BCUT2D eigenvalue weighted by molar-refractivity contribution is -0.171. The number of rotatable bonds is 2. The quantitative estimate of drug-likeness (QED) is 0.554. The number of carbonyl (C=O) groups excluding carboxylic acids is 2. The van der Waals surface area contributed by atoms with Crippen molar-refractivity contribution in [1.82, 2.24) is 0 Å². The highest BCUT2D eigenvalue weighted by Gasteiger charge is 2.44. The Morgan fingerprint density at radius 3 is 2.73 bits per heavy atom. The van der Waals surface area contributed by atoms with E-state index in [2.05, 4.69) is 0 Å². The van der Waals surface area contributed by atoms with E-state index in [1.54, 1.807) is 6.92 Å². The van der Waals surface area contributed by atoms with E-state index in [0.29, 0.717) is 6.42 Å². The molecule has 0 aromatic heterocycles. The molecule has 0 aromatic carbocycles. The first-order valence-electron chi connectivity index (χ1n) is 5.54.